The molecule has 1 saturated heterocycles. The van der Waals surface area contributed by atoms with E-state index in [1.807, 2.05) is 60.8 Å². The average molecular weight is 546 g/mol. The van der Waals surface area contributed by atoms with Crippen LogP contribution in [-0.2, 0) is 21.2 Å². The van der Waals surface area contributed by atoms with Crippen LogP contribution in [0.3, 0.4) is 0 Å². The largest absolute Gasteiger partial charge is 0.497 e. The Kier molecular flexibility index (Phi) is 7.60. The summed E-state index contributed by atoms with van der Waals surface area (Å²) in [6.45, 7) is 0.265. The monoisotopic (exact) mass is 545 g/mol. The number of hydrogen-bond acceptors (Lipinski definition) is 5. The van der Waals surface area contributed by atoms with Crippen LogP contribution >= 0.6 is 0 Å². The fourth-order valence-electron chi connectivity index (χ4n) is 4.65. The Hall–Kier alpha value is -4.24. The van der Waals surface area contributed by atoms with Gasteiger partial charge in [-0.3, -0.25) is 4.79 Å². The van der Waals surface area contributed by atoms with Crippen molar-refractivity contribution in [3.63, 3.8) is 0 Å². The highest BCUT2D eigenvalue weighted by molar-refractivity contribution is 7.91. The van der Waals surface area contributed by atoms with E-state index in [-0.39, 0.29) is 29.8 Å². The summed E-state index contributed by atoms with van der Waals surface area (Å²) in [5, 5.41) is 4.71. The van der Waals surface area contributed by atoms with E-state index in [9.17, 15) is 17.6 Å². The molecule has 1 aliphatic heterocycles. The van der Waals surface area contributed by atoms with Crippen molar-refractivity contribution in [3.05, 3.63) is 108 Å². The van der Waals surface area contributed by atoms with Crippen molar-refractivity contribution < 1.29 is 22.3 Å². The molecule has 1 fully saturated rings. The van der Waals surface area contributed by atoms with Gasteiger partial charge in [0.1, 0.15) is 11.6 Å². The molecule has 5 rings (SSSR count). The molecule has 1 unspecified atom stereocenters. The van der Waals surface area contributed by atoms with Crippen molar-refractivity contribution in [2.24, 2.45) is 0 Å². The molecule has 1 atom stereocenters. The number of carbonyl (C=O) groups is 1. The maximum Gasteiger partial charge on any atom is 0.247 e. The molecule has 9 heteroatoms. The molecule has 7 nitrogen and oxygen atoms in total. The van der Waals surface area contributed by atoms with Gasteiger partial charge in [-0.05, 0) is 66.6 Å². The number of sulfone groups is 1. The Balaban J connectivity index is 1.47. The van der Waals surface area contributed by atoms with E-state index < -0.39 is 15.9 Å². The summed E-state index contributed by atoms with van der Waals surface area (Å²) in [6, 6.07) is 22.5. The van der Waals surface area contributed by atoms with Crippen LogP contribution in [0, 0.1) is 5.82 Å². The summed E-state index contributed by atoms with van der Waals surface area (Å²) in [5.41, 5.74) is 3.67. The Morgan fingerprint density at radius 1 is 1.08 bits per heavy atom. The van der Waals surface area contributed by atoms with E-state index in [1.54, 1.807) is 34.9 Å². The summed E-state index contributed by atoms with van der Waals surface area (Å²) in [5.74, 6) is 0.0466. The number of ether oxygens (including phenoxy) is 1. The smallest absolute Gasteiger partial charge is 0.247 e. The first-order valence-corrected chi connectivity index (χ1v) is 14.4. The van der Waals surface area contributed by atoms with Gasteiger partial charge in [-0.15, -0.1) is 0 Å². The van der Waals surface area contributed by atoms with E-state index >= 15 is 0 Å². The zero-order chi connectivity index (χ0) is 27.4. The third kappa shape index (κ3) is 6.26. The molecule has 1 aromatic heterocycles. The highest BCUT2D eigenvalue weighted by atomic mass is 32.2. The van der Waals surface area contributed by atoms with Gasteiger partial charge in [0.05, 0.1) is 30.0 Å². The molecule has 1 amide bonds. The second-order valence-electron chi connectivity index (χ2n) is 9.42. The maximum atomic E-state index is 13.6. The normalized spacial score (nSPS) is 16.4. The highest BCUT2D eigenvalue weighted by Crippen LogP contribution is 2.26. The minimum atomic E-state index is -3.20. The number of aromatic nitrogens is 2. The Labute approximate surface area is 227 Å². The van der Waals surface area contributed by atoms with Crippen LogP contribution in [0.15, 0.2) is 91.1 Å². The van der Waals surface area contributed by atoms with Crippen LogP contribution in [0.25, 0.3) is 23.0 Å². The molecule has 4 aromatic rings. The van der Waals surface area contributed by atoms with Crippen molar-refractivity contribution in [1.29, 1.82) is 0 Å². The number of hydrogen-bond donors (Lipinski definition) is 0. The zero-order valence-electron chi connectivity index (χ0n) is 21.4. The summed E-state index contributed by atoms with van der Waals surface area (Å²) in [6.07, 6.45) is 5.34. The van der Waals surface area contributed by atoms with Crippen molar-refractivity contribution in [2.45, 2.75) is 19.0 Å². The van der Waals surface area contributed by atoms with Crippen LogP contribution in [0.4, 0.5) is 4.39 Å². The van der Waals surface area contributed by atoms with Crippen molar-refractivity contribution in [1.82, 2.24) is 14.7 Å². The number of methoxy groups -OCH3 is 1. The summed E-state index contributed by atoms with van der Waals surface area (Å²) >= 11 is 0. The molecule has 0 radical (unpaired) electrons. The predicted octanol–water partition coefficient (Wildman–Crippen LogP) is 4.92. The molecule has 0 bridgehead atoms. The number of carbonyl (C=O) groups excluding carboxylic acids is 1. The molecule has 2 heterocycles. The van der Waals surface area contributed by atoms with E-state index in [0.29, 0.717) is 29.0 Å². The molecular weight excluding hydrogens is 517 g/mol. The fraction of sp³-hybridized carbons (Fsp3) is 0.200. The van der Waals surface area contributed by atoms with Gasteiger partial charge >= 0.3 is 0 Å². The van der Waals surface area contributed by atoms with Gasteiger partial charge in [-0.2, -0.15) is 5.10 Å². The van der Waals surface area contributed by atoms with Crippen LogP contribution in [0.2, 0.25) is 0 Å². The molecule has 3 aromatic carbocycles. The van der Waals surface area contributed by atoms with Crippen LogP contribution in [0.5, 0.6) is 5.75 Å². The third-order valence-electron chi connectivity index (χ3n) is 6.73. The second-order valence-corrected chi connectivity index (χ2v) is 11.7. The minimum Gasteiger partial charge on any atom is -0.497 e. The lowest BCUT2D eigenvalue weighted by molar-refractivity contribution is -0.128. The van der Waals surface area contributed by atoms with Gasteiger partial charge in [0, 0.05) is 36.0 Å². The lowest BCUT2D eigenvalue weighted by atomic mass is 10.1. The number of amides is 1. The predicted molar refractivity (Wildman–Crippen MR) is 149 cm³/mol. The first kappa shape index (κ1) is 26.4. The average Bonchev–Trinajstić information content (AvgIpc) is 3.54. The molecule has 1 aliphatic rings. The standard InChI is InChI=1S/C30H28FN3O4S/c1-38-28-14-7-22(8-15-28)19-33(27-17-18-39(36,37)21-27)29(35)16-11-24-20-34(26-5-3-2-4-6-26)32-30(24)23-9-12-25(31)13-10-23/h2-16,20,27H,17-19,21H2,1H3/b16-11+. The molecule has 0 aliphatic carbocycles. The number of benzene rings is 3. The molecule has 200 valence electrons. The van der Waals surface area contributed by atoms with Gasteiger partial charge < -0.3 is 9.64 Å². The molecule has 0 spiro atoms. The molecule has 0 N–H and O–H groups in total. The fourth-order valence-corrected chi connectivity index (χ4v) is 6.38. The van der Waals surface area contributed by atoms with Gasteiger partial charge in [0.2, 0.25) is 5.91 Å². The van der Waals surface area contributed by atoms with Crippen LogP contribution in [0.1, 0.15) is 17.5 Å². The minimum absolute atomic E-state index is 0.0600. The Morgan fingerprint density at radius 2 is 1.79 bits per heavy atom. The number of halogens is 1. The molecular formula is C30H28FN3O4S. The van der Waals surface area contributed by atoms with Crippen LogP contribution < -0.4 is 4.74 Å². The first-order chi connectivity index (χ1) is 18.8. The molecule has 0 saturated carbocycles. The van der Waals surface area contributed by atoms with Gasteiger partial charge in [0.15, 0.2) is 9.84 Å². The van der Waals surface area contributed by atoms with Crippen molar-refractivity contribution >= 4 is 21.8 Å². The summed E-state index contributed by atoms with van der Waals surface area (Å²) in [4.78, 5) is 15.2. The highest BCUT2D eigenvalue weighted by Gasteiger charge is 2.34. The lowest BCUT2D eigenvalue weighted by Crippen LogP contribution is -2.39. The van der Waals surface area contributed by atoms with Gasteiger partial charge in [-0.1, -0.05) is 30.3 Å². The van der Waals surface area contributed by atoms with E-state index in [4.69, 9.17) is 9.84 Å². The van der Waals surface area contributed by atoms with Gasteiger partial charge in [-0.25, -0.2) is 17.5 Å². The van der Waals surface area contributed by atoms with E-state index in [2.05, 4.69) is 0 Å². The SMILES string of the molecule is COc1ccc(CN(C(=O)/C=C/c2cn(-c3ccccc3)nc2-c2ccc(F)cc2)C2CCS(=O)(=O)C2)cc1. The second kappa shape index (κ2) is 11.2. The van der Waals surface area contributed by atoms with Crippen LogP contribution in [-0.4, -0.2) is 53.7 Å². The zero-order valence-corrected chi connectivity index (χ0v) is 22.2. The quantitative estimate of drug-likeness (QED) is 0.294. The van der Waals surface area contributed by atoms with E-state index in [1.165, 1.54) is 18.2 Å². The van der Waals surface area contributed by atoms with Crippen molar-refractivity contribution in [3.8, 4) is 22.7 Å². The Bertz CT molecular complexity index is 1580. The van der Waals surface area contributed by atoms with E-state index in [0.717, 1.165) is 11.3 Å². The van der Waals surface area contributed by atoms with Crippen molar-refractivity contribution in [2.75, 3.05) is 18.6 Å². The Morgan fingerprint density at radius 3 is 2.44 bits per heavy atom. The summed E-state index contributed by atoms with van der Waals surface area (Å²) in [7, 11) is -1.62. The maximum absolute atomic E-state index is 13.6. The number of nitrogens with zero attached hydrogens (tertiary/aromatic N) is 3. The summed E-state index contributed by atoms with van der Waals surface area (Å²) < 4.78 is 45.0. The number of para-hydroxylation sites is 1. The van der Waals surface area contributed by atoms with Gasteiger partial charge in [0.25, 0.3) is 0 Å². The number of rotatable bonds is 8. The topological polar surface area (TPSA) is 81.5 Å². The first-order valence-electron chi connectivity index (χ1n) is 12.5. The third-order valence-corrected chi connectivity index (χ3v) is 8.48. The molecule has 39 heavy (non-hydrogen) atoms. The lowest BCUT2D eigenvalue weighted by Gasteiger charge is -2.27.